The van der Waals surface area contributed by atoms with Crippen LogP contribution in [0.15, 0.2) is 33.9 Å². The number of halogens is 1. The predicted octanol–water partition coefficient (Wildman–Crippen LogP) is 0.950. The van der Waals surface area contributed by atoms with Crippen molar-refractivity contribution in [1.29, 1.82) is 0 Å². The Morgan fingerprint density at radius 3 is 2.82 bits per heavy atom. The molecule has 2 aromatic heterocycles. The SMILES string of the molecule is Nc1[nH]ncc1S(=O)(=O)Nc1ncccc1Br. The largest absolute Gasteiger partial charge is 0.383 e. The van der Waals surface area contributed by atoms with E-state index in [1.165, 1.54) is 6.20 Å². The first-order valence-electron chi connectivity index (χ1n) is 4.43. The molecule has 2 heterocycles. The van der Waals surface area contributed by atoms with E-state index in [2.05, 4.69) is 35.8 Å². The number of nitrogens with zero attached hydrogens (tertiary/aromatic N) is 2. The van der Waals surface area contributed by atoms with E-state index >= 15 is 0 Å². The third kappa shape index (κ3) is 2.39. The van der Waals surface area contributed by atoms with Gasteiger partial charge in [-0.1, -0.05) is 0 Å². The van der Waals surface area contributed by atoms with Crippen LogP contribution in [0.5, 0.6) is 0 Å². The van der Waals surface area contributed by atoms with E-state index in [1.54, 1.807) is 12.1 Å². The number of anilines is 2. The van der Waals surface area contributed by atoms with E-state index < -0.39 is 10.0 Å². The second kappa shape index (κ2) is 4.34. The first-order valence-corrected chi connectivity index (χ1v) is 6.70. The van der Waals surface area contributed by atoms with Gasteiger partial charge in [0.2, 0.25) is 0 Å². The fourth-order valence-corrected chi connectivity index (χ4v) is 2.68. The van der Waals surface area contributed by atoms with E-state index in [-0.39, 0.29) is 16.5 Å². The van der Waals surface area contributed by atoms with E-state index in [0.29, 0.717) is 4.47 Å². The Balaban J connectivity index is 2.37. The highest BCUT2D eigenvalue weighted by Crippen LogP contribution is 2.23. The summed E-state index contributed by atoms with van der Waals surface area (Å²) >= 11 is 3.19. The molecule has 0 aromatic carbocycles. The van der Waals surface area contributed by atoms with Gasteiger partial charge in [0.25, 0.3) is 10.0 Å². The number of rotatable bonds is 3. The molecular weight excluding hydrogens is 310 g/mol. The second-order valence-electron chi connectivity index (χ2n) is 3.09. The average Bonchev–Trinajstić information content (AvgIpc) is 2.68. The Labute approximate surface area is 106 Å². The van der Waals surface area contributed by atoms with Crippen LogP contribution in [0.25, 0.3) is 0 Å². The number of sulfonamides is 1. The van der Waals surface area contributed by atoms with Crippen LogP contribution in [0.4, 0.5) is 11.6 Å². The lowest BCUT2D eigenvalue weighted by Crippen LogP contribution is -2.15. The van der Waals surface area contributed by atoms with Crippen LogP contribution in [0, 0.1) is 0 Å². The van der Waals surface area contributed by atoms with E-state index in [4.69, 9.17) is 5.73 Å². The summed E-state index contributed by atoms with van der Waals surface area (Å²) in [6, 6.07) is 3.34. The van der Waals surface area contributed by atoms with Crippen molar-refractivity contribution in [3.05, 3.63) is 29.0 Å². The van der Waals surface area contributed by atoms with Crippen LogP contribution in [0.3, 0.4) is 0 Å². The predicted molar refractivity (Wildman–Crippen MR) is 65.7 cm³/mol. The molecule has 0 radical (unpaired) electrons. The van der Waals surface area contributed by atoms with Crippen LogP contribution in [-0.2, 0) is 10.0 Å². The lowest BCUT2D eigenvalue weighted by molar-refractivity contribution is 0.601. The molecule has 4 N–H and O–H groups in total. The normalized spacial score (nSPS) is 11.4. The van der Waals surface area contributed by atoms with Gasteiger partial charge in [0.15, 0.2) is 5.82 Å². The minimum atomic E-state index is -3.78. The molecule has 0 spiro atoms. The Hall–Kier alpha value is -1.61. The number of nitrogens with one attached hydrogen (secondary N) is 2. The highest BCUT2D eigenvalue weighted by molar-refractivity contribution is 9.10. The zero-order valence-corrected chi connectivity index (χ0v) is 10.8. The fraction of sp³-hybridized carbons (Fsp3) is 0. The maximum atomic E-state index is 11.9. The topological polar surface area (TPSA) is 114 Å². The number of H-pyrrole nitrogens is 1. The molecule has 0 aliphatic heterocycles. The molecule has 0 amide bonds. The molecule has 0 atom stereocenters. The molecule has 0 saturated carbocycles. The fourth-order valence-electron chi connectivity index (χ4n) is 1.14. The highest BCUT2D eigenvalue weighted by Gasteiger charge is 2.20. The van der Waals surface area contributed by atoms with Gasteiger partial charge < -0.3 is 5.73 Å². The molecular formula is C8H8BrN5O2S. The van der Waals surface area contributed by atoms with Crippen molar-refractivity contribution >= 4 is 37.6 Å². The molecule has 0 fully saturated rings. The zero-order valence-electron chi connectivity index (χ0n) is 8.38. The molecule has 0 unspecified atom stereocenters. The second-order valence-corrected chi connectivity index (χ2v) is 5.59. The average molecular weight is 318 g/mol. The van der Waals surface area contributed by atoms with Crippen molar-refractivity contribution in [2.45, 2.75) is 4.90 Å². The minimum Gasteiger partial charge on any atom is -0.383 e. The van der Waals surface area contributed by atoms with Gasteiger partial charge in [0.05, 0.1) is 10.7 Å². The van der Waals surface area contributed by atoms with Gasteiger partial charge in [-0.3, -0.25) is 9.82 Å². The molecule has 90 valence electrons. The summed E-state index contributed by atoms with van der Waals surface area (Å²) in [4.78, 5) is 3.78. The van der Waals surface area contributed by atoms with Crippen LogP contribution in [0.1, 0.15) is 0 Å². The van der Waals surface area contributed by atoms with Crippen LogP contribution in [-0.4, -0.2) is 23.6 Å². The van der Waals surface area contributed by atoms with Crippen molar-refractivity contribution in [2.24, 2.45) is 0 Å². The van der Waals surface area contributed by atoms with Crippen molar-refractivity contribution in [2.75, 3.05) is 10.5 Å². The smallest absolute Gasteiger partial charge is 0.268 e. The standard InChI is InChI=1S/C8H8BrN5O2S/c9-5-2-1-3-11-8(5)14-17(15,16)6-4-12-13-7(6)10/h1-4H,(H,11,14)(H3,10,12,13). The Kier molecular flexibility index (Phi) is 3.03. The summed E-state index contributed by atoms with van der Waals surface area (Å²) in [7, 11) is -3.78. The van der Waals surface area contributed by atoms with Crippen molar-refractivity contribution in [3.8, 4) is 0 Å². The van der Waals surface area contributed by atoms with Gasteiger partial charge in [0.1, 0.15) is 10.7 Å². The summed E-state index contributed by atoms with van der Waals surface area (Å²) in [5.74, 6) is 0.164. The van der Waals surface area contributed by atoms with Gasteiger partial charge in [-0.2, -0.15) is 5.10 Å². The maximum absolute atomic E-state index is 11.9. The van der Waals surface area contributed by atoms with Crippen molar-refractivity contribution in [1.82, 2.24) is 15.2 Å². The number of hydrogen-bond donors (Lipinski definition) is 3. The lowest BCUT2D eigenvalue weighted by Gasteiger charge is -2.07. The molecule has 7 nitrogen and oxygen atoms in total. The Morgan fingerprint density at radius 2 is 2.24 bits per heavy atom. The molecule has 9 heteroatoms. The highest BCUT2D eigenvalue weighted by atomic mass is 79.9. The summed E-state index contributed by atoms with van der Waals surface area (Å²) in [6.45, 7) is 0. The first-order chi connectivity index (χ1) is 8.00. The van der Waals surface area contributed by atoms with Gasteiger partial charge in [0, 0.05) is 6.20 Å². The number of pyridine rings is 1. The van der Waals surface area contributed by atoms with Gasteiger partial charge in [-0.15, -0.1) is 0 Å². The van der Waals surface area contributed by atoms with E-state index in [9.17, 15) is 8.42 Å². The molecule has 0 aliphatic rings. The van der Waals surface area contributed by atoms with Crippen LogP contribution in [0.2, 0.25) is 0 Å². The molecule has 0 saturated heterocycles. The zero-order chi connectivity index (χ0) is 12.5. The molecule has 0 aliphatic carbocycles. The maximum Gasteiger partial charge on any atom is 0.268 e. The Morgan fingerprint density at radius 1 is 1.47 bits per heavy atom. The van der Waals surface area contributed by atoms with Gasteiger partial charge in [-0.05, 0) is 28.1 Å². The van der Waals surface area contributed by atoms with Gasteiger partial charge in [-0.25, -0.2) is 13.4 Å². The summed E-state index contributed by atoms with van der Waals surface area (Å²) in [6.07, 6.45) is 2.61. The number of hydrogen-bond acceptors (Lipinski definition) is 5. The third-order valence-electron chi connectivity index (χ3n) is 1.91. The molecule has 2 aromatic rings. The third-order valence-corrected chi connectivity index (χ3v) is 3.92. The quantitative estimate of drug-likeness (QED) is 0.779. The van der Waals surface area contributed by atoms with E-state index in [0.717, 1.165) is 6.20 Å². The van der Waals surface area contributed by atoms with Crippen molar-refractivity contribution < 1.29 is 8.42 Å². The Bertz CT molecular complexity index is 639. The molecule has 2 rings (SSSR count). The summed E-state index contributed by atoms with van der Waals surface area (Å²) in [5.41, 5.74) is 5.45. The van der Waals surface area contributed by atoms with Crippen LogP contribution < -0.4 is 10.5 Å². The van der Waals surface area contributed by atoms with Gasteiger partial charge >= 0.3 is 0 Å². The number of aromatic nitrogens is 3. The summed E-state index contributed by atoms with van der Waals surface area (Å²) < 4.78 is 26.7. The summed E-state index contributed by atoms with van der Waals surface area (Å²) in [5, 5.41) is 5.90. The molecule has 17 heavy (non-hydrogen) atoms. The lowest BCUT2D eigenvalue weighted by atomic mass is 10.5. The molecule has 0 bridgehead atoms. The number of nitrogen functional groups attached to an aromatic ring is 1. The van der Waals surface area contributed by atoms with Crippen molar-refractivity contribution in [3.63, 3.8) is 0 Å². The van der Waals surface area contributed by atoms with Crippen LogP contribution >= 0.6 is 15.9 Å². The monoisotopic (exact) mass is 317 g/mol. The number of nitrogens with two attached hydrogens (primary N) is 1. The minimum absolute atomic E-state index is 0.0236. The first kappa shape index (κ1) is 11.9. The van der Waals surface area contributed by atoms with E-state index in [1.807, 2.05) is 0 Å². The number of aromatic amines is 1.